The van der Waals surface area contributed by atoms with Crippen molar-refractivity contribution in [2.75, 3.05) is 6.54 Å². The van der Waals surface area contributed by atoms with Crippen LogP contribution in [0.25, 0.3) is 0 Å². The van der Waals surface area contributed by atoms with Gasteiger partial charge >= 0.3 is 23.9 Å². The second-order valence-corrected chi connectivity index (χ2v) is 7.83. The molecule has 0 aromatic heterocycles. The lowest BCUT2D eigenvalue weighted by molar-refractivity contribution is -0.140. The predicted molar refractivity (Wildman–Crippen MR) is 118 cm³/mol. The van der Waals surface area contributed by atoms with E-state index in [-0.39, 0.29) is 18.7 Å². The van der Waals surface area contributed by atoms with Crippen molar-refractivity contribution >= 4 is 29.8 Å². The molecular formula is C22H31N3O8. The molecule has 1 aromatic rings. The van der Waals surface area contributed by atoms with Gasteiger partial charge in [-0.3, -0.25) is 9.59 Å². The van der Waals surface area contributed by atoms with Crippen LogP contribution in [-0.4, -0.2) is 63.8 Å². The number of benzene rings is 1. The molecule has 3 amide bonds. The highest BCUT2D eigenvalue weighted by atomic mass is 16.4. The molecule has 0 heterocycles. The Hall–Kier alpha value is -3.63. The van der Waals surface area contributed by atoms with Gasteiger partial charge in [0.15, 0.2) is 0 Å². The first kappa shape index (κ1) is 27.4. The van der Waals surface area contributed by atoms with E-state index in [1.807, 2.05) is 32.9 Å². The number of aryl methyl sites for hydroxylation is 3. The van der Waals surface area contributed by atoms with Crippen molar-refractivity contribution in [2.24, 2.45) is 0 Å². The summed E-state index contributed by atoms with van der Waals surface area (Å²) in [5, 5.41) is 34.1. The molecular weight excluding hydrogens is 434 g/mol. The van der Waals surface area contributed by atoms with Crippen LogP contribution in [-0.2, 0) is 14.4 Å². The number of hydrogen-bond acceptors (Lipinski definition) is 5. The summed E-state index contributed by atoms with van der Waals surface area (Å²) in [4.78, 5) is 57.5. The molecule has 0 aliphatic rings. The van der Waals surface area contributed by atoms with Crippen LogP contribution in [0.3, 0.4) is 0 Å². The van der Waals surface area contributed by atoms with Gasteiger partial charge in [-0.1, -0.05) is 6.07 Å². The fraction of sp³-hybridized carbons (Fsp3) is 0.500. The van der Waals surface area contributed by atoms with Crippen molar-refractivity contribution in [1.29, 1.82) is 0 Å². The number of carbonyl (C=O) groups excluding carboxylic acids is 2. The molecule has 1 aromatic carbocycles. The van der Waals surface area contributed by atoms with E-state index >= 15 is 0 Å². The first-order valence-corrected chi connectivity index (χ1v) is 10.5. The van der Waals surface area contributed by atoms with Gasteiger partial charge in [0.1, 0.15) is 12.1 Å². The molecule has 0 aliphatic carbocycles. The highest BCUT2D eigenvalue weighted by Crippen LogP contribution is 2.15. The summed E-state index contributed by atoms with van der Waals surface area (Å²) >= 11 is 0. The number of carboxylic acids is 3. The summed E-state index contributed by atoms with van der Waals surface area (Å²) in [6.45, 7) is 6.06. The average Bonchev–Trinajstić information content (AvgIpc) is 2.71. The molecule has 6 N–H and O–H groups in total. The number of aliphatic carboxylic acids is 3. The monoisotopic (exact) mass is 465 g/mol. The molecule has 0 saturated carbocycles. The molecule has 0 aliphatic heterocycles. The largest absolute Gasteiger partial charge is 0.481 e. The minimum Gasteiger partial charge on any atom is -0.481 e. The first-order chi connectivity index (χ1) is 15.4. The Morgan fingerprint density at radius 1 is 0.788 bits per heavy atom. The molecule has 11 heteroatoms. The Kier molecular flexibility index (Phi) is 10.8. The topological polar surface area (TPSA) is 182 Å². The van der Waals surface area contributed by atoms with Crippen LogP contribution in [0.4, 0.5) is 4.79 Å². The Morgan fingerprint density at radius 3 is 1.88 bits per heavy atom. The van der Waals surface area contributed by atoms with Crippen molar-refractivity contribution < 1.29 is 39.3 Å². The summed E-state index contributed by atoms with van der Waals surface area (Å²) < 4.78 is 0. The standard InChI is InChI=1S/C22H31N3O8/c1-12-10-14(3)15(11-13(12)2)19(28)23-9-5-4-6-16(20(29)30)24-22(33)25-17(21(31)32)7-8-18(26)27/h10-11,16-17H,4-9H2,1-3H3,(H,23,28)(H,26,27)(H,29,30)(H,31,32)(H2,24,25,33)/t16-,17-/m0/s1. The summed E-state index contributed by atoms with van der Waals surface area (Å²) in [5.74, 6) is -4.15. The van der Waals surface area contributed by atoms with Gasteiger partial charge in [-0.05, 0) is 69.2 Å². The third kappa shape index (κ3) is 9.58. The van der Waals surface area contributed by atoms with Crippen LogP contribution in [0.15, 0.2) is 12.1 Å². The van der Waals surface area contributed by atoms with E-state index in [1.165, 1.54) is 0 Å². The van der Waals surface area contributed by atoms with Crippen molar-refractivity contribution in [3.63, 3.8) is 0 Å². The van der Waals surface area contributed by atoms with Crippen LogP contribution in [0, 0.1) is 20.8 Å². The average molecular weight is 466 g/mol. The molecule has 0 fully saturated rings. The molecule has 33 heavy (non-hydrogen) atoms. The zero-order valence-corrected chi connectivity index (χ0v) is 18.9. The van der Waals surface area contributed by atoms with Crippen LogP contribution < -0.4 is 16.0 Å². The molecule has 2 atom stereocenters. The van der Waals surface area contributed by atoms with Gasteiger partial charge in [0.25, 0.3) is 5.91 Å². The van der Waals surface area contributed by atoms with Crippen LogP contribution in [0.2, 0.25) is 0 Å². The lowest BCUT2D eigenvalue weighted by atomic mass is 10.0. The SMILES string of the molecule is Cc1cc(C)c(C(=O)NCCCC[C@H](NC(=O)N[C@@H](CCC(=O)O)C(=O)O)C(=O)O)cc1C. The molecule has 0 saturated heterocycles. The van der Waals surface area contributed by atoms with Gasteiger partial charge in [0.05, 0.1) is 0 Å². The van der Waals surface area contributed by atoms with E-state index in [2.05, 4.69) is 16.0 Å². The van der Waals surface area contributed by atoms with Gasteiger partial charge in [-0.15, -0.1) is 0 Å². The maximum atomic E-state index is 12.4. The van der Waals surface area contributed by atoms with Gasteiger partial charge < -0.3 is 31.3 Å². The van der Waals surface area contributed by atoms with Crippen LogP contribution in [0.5, 0.6) is 0 Å². The number of carboxylic acid groups (broad SMARTS) is 3. The van der Waals surface area contributed by atoms with E-state index in [9.17, 15) is 29.1 Å². The fourth-order valence-electron chi connectivity index (χ4n) is 3.12. The minimum atomic E-state index is -1.46. The lowest BCUT2D eigenvalue weighted by Gasteiger charge is -2.18. The summed E-state index contributed by atoms with van der Waals surface area (Å²) in [6.07, 6.45) is 0.112. The normalized spacial score (nSPS) is 12.3. The van der Waals surface area contributed by atoms with Gasteiger partial charge in [-0.25, -0.2) is 14.4 Å². The summed E-state index contributed by atoms with van der Waals surface area (Å²) in [6, 6.07) is 0.0220. The van der Waals surface area contributed by atoms with E-state index < -0.39 is 42.4 Å². The van der Waals surface area contributed by atoms with Crippen LogP contribution >= 0.6 is 0 Å². The third-order valence-corrected chi connectivity index (χ3v) is 5.14. The second kappa shape index (κ2) is 13.0. The smallest absolute Gasteiger partial charge is 0.326 e. The molecule has 1 rings (SSSR count). The van der Waals surface area contributed by atoms with Crippen molar-refractivity contribution in [2.45, 2.75) is 65.0 Å². The van der Waals surface area contributed by atoms with Crippen molar-refractivity contribution in [3.05, 3.63) is 34.4 Å². The molecule has 11 nitrogen and oxygen atoms in total. The maximum Gasteiger partial charge on any atom is 0.326 e. The molecule has 0 bridgehead atoms. The van der Waals surface area contributed by atoms with Crippen LogP contribution in [0.1, 0.15) is 59.2 Å². The number of rotatable bonds is 13. The Morgan fingerprint density at radius 2 is 1.33 bits per heavy atom. The van der Waals surface area contributed by atoms with E-state index in [0.717, 1.165) is 16.7 Å². The quantitative estimate of drug-likeness (QED) is 0.237. The predicted octanol–water partition coefficient (Wildman–Crippen LogP) is 1.58. The number of carbonyl (C=O) groups is 5. The summed E-state index contributed by atoms with van der Waals surface area (Å²) in [7, 11) is 0. The Balaban J connectivity index is 2.49. The molecule has 0 spiro atoms. The third-order valence-electron chi connectivity index (χ3n) is 5.14. The molecule has 0 unspecified atom stereocenters. The molecule has 0 radical (unpaired) electrons. The van der Waals surface area contributed by atoms with E-state index in [0.29, 0.717) is 24.9 Å². The van der Waals surface area contributed by atoms with E-state index in [1.54, 1.807) is 0 Å². The Labute approximate surface area is 191 Å². The van der Waals surface area contributed by atoms with Gasteiger partial charge in [0.2, 0.25) is 0 Å². The highest BCUT2D eigenvalue weighted by molar-refractivity contribution is 5.96. The number of hydrogen-bond donors (Lipinski definition) is 6. The number of nitrogens with one attached hydrogen (secondary N) is 3. The van der Waals surface area contributed by atoms with Gasteiger partial charge in [0, 0.05) is 18.5 Å². The lowest BCUT2D eigenvalue weighted by Crippen LogP contribution is -2.51. The zero-order valence-electron chi connectivity index (χ0n) is 18.9. The number of amides is 3. The second-order valence-electron chi connectivity index (χ2n) is 7.83. The summed E-state index contributed by atoms with van der Waals surface area (Å²) in [5.41, 5.74) is 3.54. The maximum absolute atomic E-state index is 12.4. The Bertz CT molecular complexity index is 900. The zero-order chi connectivity index (χ0) is 25.1. The number of urea groups is 1. The highest BCUT2D eigenvalue weighted by Gasteiger charge is 2.24. The fourth-order valence-corrected chi connectivity index (χ4v) is 3.12. The van der Waals surface area contributed by atoms with Gasteiger partial charge in [-0.2, -0.15) is 0 Å². The first-order valence-electron chi connectivity index (χ1n) is 10.5. The van der Waals surface area contributed by atoms with Crippen molar-refractivity contribution in [1.82, 2.24) is 16.0 Å². The number of unbranched alkanes of at least 4 members (excludes halogenated alkanes) is 1. The van der Waals surface area contributed by atoms with Crippen molar-refractivity contribution in [3.8, 4) is 0 Å². The molecule has 182 valence electrons. The van der Waals surface area contributed by atoms with E-state index in [4.69, 9.17) is 10.2 Å². The minimum absolute atomic E-state index is 0.0636.